The molecule has 0 spiro atoms. The van der Waals surface area contributed by atoms with Crippen LogP contribution in [0.15, 0.2) is 35.9 Å². The van der Waals surface area contributed by atoms with Gasteiger partial charge in [-0.1, -0.05) is 31.2 Å². The third-order valence-electron chi connectivity index (χ3n) is 4.58. The van der Waals surface area contributed by atoms with Gasteiger partial charge in [0.25, 0.3) is 0 Å². The van der Waals surface area contributed by atoms with E-state index in [0.717, 1.165) is 22.6 Å². The Hall–Kier alpha value is -1.78. The monoisotopic (exact) mass is 364 g/mol. The highest BCUT2D eigenvalue weighted by atomic mass is 35.5. The number of carbonyl (C=O) groups is 1. The lowest BCUT2D eigenvalue weighted by Crippen LogP contribution is -2.11. The number of hydrogen-bond donors (Lipinski definition) is 2. The number of carboxylic acid groups (broad SMARTS) is 1. The second kappa shape index (κ2) is 8.54. The summed E-state index contributed by atoms with van der Waals surface area (Å²) in [5.41, 5.74) is 1.81. The predicted octanol–water partition coefficient (Wildman–Crippen LogP) is 4.72. The molecule has 0 bridgehead atoms. The van der Waals surface area contributed by atoms with Gasteiger partial charge in [-0.2, -0.15) is 0 Å². The average Bonchev–Trinajstić information content (AvgIpc) is 3.40. The van der Waals surface area contributed by atoms with Gasteiger partial charge in [-0.15, -0.1) is 0 Å². The molecule has 0 radical (unpaired) electrons. The van der Waals surface area contributed by atoms with Gasteiger partial charge in [-0.05, 0) is 55.0 Å². The zero-order valence-corrected chi connectivity index (χ0v) is 15.4. The van der Waals surface area contributed by atoms with Crippen molar-refractivity contribution in [2.24, 2.45) is 11.8 Å². The number of carboxylic acids is 1. The van der Waals surface area contributed by atoms with E-state index in [0.29, 0.717) is 25.2 Å². The van der Waals surface area contributed by atoms with Crippen LogP contribution in [0.5, 0.6) is 5.75 Å². The third-order valence-corrected chi connectivity index (χ3v) is 5.08. The summed E-state index contributed by atoms with van der Waals surface area (Å²) in [5.74, 6) is -0.0140. The minimum Gasteiger partial charge on any atom is -0.493 e. The summed E-state index contributed by atoms with van der Waals surface area (Å²) in [6, 6.07) is 4.93. The molecule has 136 valence electrons. The first-order valence-corrected chi connectivity index (χ1v) is 8.95. The Labute approximate surface area is 153 Å². The van der Waals surface area contributed by atoms with Gasteiger partial charge in [0.15, 0.2) is 0 Å². The fourth-order valence-electron chi connectivity index (χ4n) is 2.82. The SMILES string of the molecule is C=C(c1cc(OCC[C@@H](O)CC)cc(C(=O)O)c1)C1CC1/C(Cl)=C\C. The van der Waals surface area contributed by atoms with Crippen molar-refractivity contribution in [1.29, 1.82) is 0 Å². The molecule has 1 aliphatic rings. The number of aromatic carboxylic acids is 1. The Morgan fingerprint density at radius 1 is 1.40 bits per heavy atom. The Bertz CT molecular complexity index is 680. The van der Waals surface area contributed by atoms with Crippen molar-refractivity contribution in [2.75, 3.05) is 6.61 Å². The quantitative estimate of drug-likeness (QED) is 0.665. The minimum atomic E-state index is -1.01. The Balaban J connectivity index is 2.14. The van der Waals surface area contributed by atoms with E-state index in [4.69, 9.17) is 16.3 Å². The topological polar surface area (TPSA) is 66.8 Å². The first-order valence-electron chi connectivity index (χ1n) is 8.57. The molecule has 0 aromatic heterocycles. The van der Waals surface area contributed by atoms with Gasteiger partial charge in [0.05, 0.1) is 18.3 Å². The molecule has 0 amide bonds. The largest absolute Gasteiger partial charge is 0.493 e. The number of hydrogen-bond acceptors (Lipinski definition) is 3. The average molecular weight is 365 g/mol. The van der Waals surface area contributed by atoms with Crippen molar-refractivity contribution in [2.45, 2.75) is 39.2 Å². The lowest BCUT2D eigenvalue weighted by molar-refractivity contribution is 0.0696. The maximum absolute atomic E-state index is 11.4. The summed E-state index contributed by atoms with van der Waals surface area (Å²) < 4.78 is 5.65. The van der Waals surface area contributed by atoms with Crippen molar-refractivity contribution in [1.82, 2.24) is 0 Å². The van der Waals surface area contributed by atoms with Crippen LogP contribution in [0.1, 0.15) is 49.0 Å². The van der Waals surface area contributed by atoms with E-state index in [1.165, 1.54) is 6.07 Å². The molecule has 3 atom stereocenters. The second-order valence-corrected chi connectivity index (χ2v) is 6.83. The van der Waals surface area contributed by atoms with Crippen LogP contribution < -0.4 is 4.74 Å². The van der Waals surface area contributed by atoms with E-state index in [1.54, 1.807) is 6.07 Å². The summed E-state index contributed by atoms with van der Waals surface area (Å²) in [7, 11) is 0. The molecular weight excluding hydrogens is 340 g/mol. The number of aliphatic hydroxyl groups is 1. The van der Waals surface area contributed by atoms with E-state index >= 15 is 0 Å². The van der Waals surface area contributed by atoms with Gasteiger partial charge in [0.1, 0.15) is 5.75 Å². The van der Waals surface area contributed by atoms with Crippen LogP contribution in [0.2, 0.25) is 0 Å². The second-order valence-electron chi connectivity index (χ2n) is 6.40. The number of ether oxygens (including phenoxy) is 1. The van der Waals surface area contributed by atoms with Crippen LogP contribution in [0.25, 0.3) is 5.57 Å². The molecule has 2 N–H and O–H groups in total. The Kier molecular flexibility index (Phi) is 6.68. The van der Waals surface area contributed by atoms with Gasteiger partial charge in [0, 0.05) is 17.4 Å². The number of benzene rings is 1. The van der Waals surface area contributed by atoms with Crippen LogP contribution in [-0.4, -0.2) is 28.9 Å². The Morgan fingerprint density at radius 2 is 2.08 bits per heavy atom. The highest BCUT2D eigenvalue weighted by Gasteiger charge is 2.41. The molecule has 2 rings (SSSR count). The van der Waals surface area contributed by atoms with E-state index in [2.05, 4.69) is 6.58 Å². The lowest BCUT2D eigenvalue weighted by Gasteiger charge is -2.13. The first-order chi connectivity index (χ1) is 11.9. The van der Waals surface area contributed by atoms with Crippen LogP contribution in [0.4, 0.5) is 0 Å². The van der Waals surface area contributed by atoms with Crippen molar-refractivity contribution >= 4 is 23.1 Å². The number of allylic oxidation sites excluding steroid dienone is 3. The molecule has 4 nitrogen and oxygen atoms in total. The van der Waals surface area contributed by atoms with Crippen molar-refractivity contribution < 1.29 is 19.7 Å². The molecule has 1 saturated carbocycles. The standard InChI is InChI=1S/C20H25ClO4/c1-4-15(22)6-7-25-16-9-13(8-14(10-16)20(23)24)12(3)17-11-18(17)19(21)5-2/h5,8-10,15,17-18,22H,3-4,6-7,11H2,1-2H3,(H,23,24)/b19-5+/t15-,17?,18?/m0/s1. The predicted molar refractivity (Wildman–Crippen MR) is 100 cm³/mol. The first kappa shape index (κ1) is 19.5. The molecule has 1 fully saturated rings. The fraction of sp³-hybridized carbons (Fsp3) is 0.450. The van der Waals surface area contributed by atoms with Gasteiger partial charge < -0.3 is 14.9 Å². The smallest absolute Gasteiger partial charge is 0.335 e. The maximum Gasteiger partial charge on any atom is 0.335 e. The van der Waals surface area contributed by atoms with E-state index in [-0.39, 0.29) is 17.4 Å². The van der Waals surface area contributed by atoms with Gasteiger partial charge in [-0.3, -0.25) is 0 Å². The van der Waals surface area contributed by atoms with Crippen molar-refractivity contribution in [3.8, 4) is 5.75 Å². The van der Waals surface area contributed by atoms with Crippen LogP contribution >= 0.6 is 11.6 Å². The molecule has 0 aliphatic heterocycles. The third kappa shape index (κ3) is 5.10. The summed E-state index contributed by atoms with van der Waals surface area (Å²) in [6.45, 7) is 8.28. The van der Waals surface area contributed by atoms with Crippen LogP contribution in [0, 0.1) is 11.8 Å². The van der Waals surface area contributed by atoms with Crippen molar-refractivity contribution in [3.05, 3.63) is 47.0 Å². The number of rotatable bonds is 9. The zero-order valence-electron chi connectivity index (χ0n) is 14.7. The van der Waals surface area contributed by atoms with Gasteiger partial charge in [0.2, 0.25) is 0 Å². The molecular formula is C20H25ClO4. The summed E-state index contributed by atoms with van der Waals surface area (Å²) in [6.07, 6.45) is 3.58. The maximum atomic E-state index is 11.4. The molecule has 1 aliphatic carbocycles. The normalized spacial score (nSPS) is 20.9. The Morgan fingerprint density at radius 3 is 2.68 bits per heavy atom. The van der Waals surface area contributed by atoms with E-state index in [9.17, 15) is 15.0 Å². The van der Waals surface area contributed by atoms with Crippen LogP contribution in [0.3, 0.4) is 0 Å². The summed E-state index contributed by atoms with van der Waals surface area (Å²) in [4.78, 5) is 11.4. The van der Waals surface area contributed by atoms with Gasteiger partial charge in [-0.25, -0.2) is 4.79 Å². The van der Waals surface area contributed by atoms with E-state index < -0.39 is 12.1 Å². The van der Waals surface area contributed by atoms with Crippen molar-refractivity contribution in [3.63, 3.8) is 0 Å². The molecule has 1 aromatic rings. The lowest BCUT2D eigenvalue weighted by atomic mass is 9.99. The molecule has 25 heavy (non-hydrogen) atoms. The highest BCUT2D eigenvalue weighted by Crippen LogP contribution is 2.52. The fourth-order valence-corrected chi connectivity index (χ4v) is 3.06. The van der Waals surface area contributed by atoms with Gasteiger partial charge >= 0.3 is 5.97 Å². The molecule has 1 aromatic carbocycles. The molecule has 2 unspecified atom stereocenters. The number of aliphatic hydroxyl groups excluding tert-OH is 1. The molecule has 0 saturated heterocycles. The summed E-state index contributed by atoms with van der Waals surface area (Å²) in [5, 5.41) is 19.8. The zero-order chi connectivity index (χ0) is 18.6. The van der Waals surface area contributed by atoms with E-state index in [1.807, 2.05) is 26.0 Å². The minimum absolute atomic E-state index is 0.166. The molecule has 5 heteroatoms. The number of halogens is 1. The molecule has 0 heterocycles. The van der Waals surface area contributed by atoms with Crippen LogP contribution in [-0.2, 0) is 0 Å². The summed E-state index contributed by atoms with van der Waals surface area (Å²) >= 11 is 6.19. The highest BCUT2D eigenvalue weighted by molar-refractivity contribution is 6.30.